The van der Waals surface area contributed by atoms with Crippen molar-refractivity contribution in [3.8, 4) is 11.5 Å². The summed E-state index contributed by atoms with van der Waals surface area (Å²) in [5.74, 6) is 0.937. The number of carbonyl (C=O) groups excluding carboxylic acids is 1. The zero-order valence-corrected chi connectivity index (χ0v) is 17.0. The average molecular weight is 393 g/mol. The molecule has 3 N–H and O–H groups in total. The number of ether oxygens (including phenoxy) is 1. The predicted molar refractivity (Wildman–Crippen MR) is 112 cm³/mol. The van der Waals surface area contributed by atoms with Crippen LogP contribution in [0.3, 0.4) is 0 Å². The van der Waals surface area contributed by atoms with E-state index >= 15 is 0 Å². The molecule has 1 amide bonds. The number of phenols is 1. The van der Waals surface area contributed by atoms with Gasteiger partial charge in [0.25, 0.3) is 0 Å². The van der Waals surface area contributed by atoms with Gasteiger partial charge in [-0.05, 0) is 48.7 Å². The molecule has 2 fully saturated rings. The van der Waals surface area contributed by atoms with E-state index in [1.165, 1.54) is 0 Å². The molecule has 0 saturated carbocycles. The van der Waals surface area contributed by atoms with Crippen molar-refractivity contribution in [2.24, 2.45) is 5.92 Å². The van der Waals surface area contributed by atoms with Gasteiger partial charge < -0.3 is 14.7 Å². The van der Waals surface area contributed by atoms with Crippen molar-refractivity contribution in [3.63, 3.8) is 0 Å². The van der Waals surface area contributed by atoms with E-state index in [1.54, 1.807) is 19.3 Å². The lowest BCUT2D eigenvalue weighted by molar-refractivity contribution is -0.130. The van der Waals surface area contributed by atoms with E-state index in [9.17, 15) is 9.90 Å². The second kappa shape index (κ2) is 7.54. The van der Waals surface area contributed by atoms with E-state index < -0.39 is 0 Å². The number of carbonyl (C=O) groups is 1. The van der Waals surface area contributed by atoms with Gasteiger partial charge in [0.2, 0.25) is 5.91 Å². The van der Waals surface area contributed by atoms with Crippen LogP contribution in [0.25, 0.3) is 0 Å². The second-order valence-corrected chi connectivity index (χ2v) is 7.84. The van der Waals surface area contributed by atoms with E-state index in [1.807, 2.05) is 43.0 Å². The maximum absolute atomic E-state index is 13.2. The molecule has 0 spiro atoms. The number of amides is 1. The van der Waals surface area contributed by atoms with Gasteiger partial charge in [0.15, 0.2) is 0 Å². The standard InChI is InChI=1S/C23H27N3O3/c1-5-9-26-22(15-7-6-8-16(12-15)29-4)19-20(24-25-21(19)23(26)28)18-14(3)10-13(2)11-17(18)27/h5-8,10-12,19-22,24-25,27H,1,9H2,2-4H3. The molecule has 0 aliphatic carbocycles. The Bertz CT molecular complexity index is 935. The summed E-state index contributed by atoms with van der Waals surface area (Å²) >= 11 is 0. The number of benzene rings is 2. The fraction of sp³-hybridized carbons (Fsp3) is 0.348. The monoisotopic (exact) mass is 393 g/mol. The number of rotatable bonds is 5. The Morgan fingerprint density at radius 3 is 2.66 bits per heavy atom. The van der Waals surface area contributed by atoms with Gasteiger partial charge >= 0.3 is 0 Å². The first kappa shape index (κ1) is 19.5. The van der Waals surface area contributed by atoms with Crippen molar-refractivity contribution in [2.45, 2.75) is 32.0 Å². The van der Waals surface area contributed by atoms with Gasteiger partial charge in [-0.2, -0.15) is 0 Å². The Hall–Kier alpha value is -2.83. The molecule has 2 aliphatic rings. The number of hydrogen-bond donors (Lipinski definition) is 3. The van der Waals surface area contributed by atoms with Crippen LogP contribution in [0.1, 0.15) is 34.3 Å². The summed E-state index contributed by atoms with van der Waals surface area (Å²) in [7, 11) is 1.64. The molecule has 2 heterocycles. The number of aryl methyl sites for hydroxylation is 2. The van der Waals surface area contributed by atoms with Crippen molar-refractivity contribution in [3.05, 3.63) is 71.3 Å². The van der Waals surface area contributed by atoms with E-state index in [0.717, 1.165) is 28.0 Å². The minimum absolute atomic E-state index is 0.0296. The highest BCUT2D eigenvalue weighted by molar-refractivity contribution is 5.86. The van der Waals surface area contributed by atoms with Crippen LogP contribution in [0.5, 0.6) is 11.5 Å². The van der Waals surface area contributed by atoms with E-state index in [4.69, 9.17) is 4.74 Å². The zero-order valence-electron chi connectivity index (χ0n) is 17.0. The lowest BCUT2D eigenvalue weighted by Crippen LogP contribution is -2.41. The Morgan fingerprint density at radius 1 is 1.21 bits per heavy atom. The normalized spacial score (nSPS) is 25.9. The molecule has 2 aromatic rings. The summed E-state index contributed by atoms with van der Waals surface area (Å²) in [4.78, 5) is 15.1. The van der Waals surface area contributed by atoms with Crippen LogP contribution < -0.4 is 15.6 Å². The smallest absolute Gasteiger partial charge is 0.242 e. The van der Waals surface area contributed by atoms with Crippen LogP contribution in [-0.4, -0.2) is 35.6 Å². The van der Waals surface area contributed by atoms with Crippen LogP contribution in [-0.2, 0) is 4.79 Å². The second-order valence-electron chi connectivity index (χ2n) is 7.84. The predicted octanol–water partition coefficient (Wildman–Crippen LogP) is 2.92. The molecule has 4 atom stereocenters. The van der Waals surface area contributed by atoms with Crippen molar-refractivity contribution in [2.75, 3.05) is 13.7 Å². The molecule has 152 valence electrons. The molecule has 6 nitrogen and oxygen atoms in total. The van der Waals surface area contributed by atoms with Crippen LogP contribution in [0, 0.1) is 19.8 Å². The minimum Gasteiger partial charge on any atom is -0.508 e. The van der Waals surface area contributed by atoms with Gasteiger partial charge in [-0.15, -0.1) is 6.58 Å². The highest BCUT2D eigenvalue weighted by Gasteiger charge is 2.55. The average Bonchev–Trinajstić information content (AvgIpc) is 3.21. The fourth-order valence-corrected chi connectivity index (χ4v) is 4.87. The zero-order chi connectivity index (χ0) is 20.7. The molecule has 0 aromatic heterocycles. The quantitative estimate of drug-likeness (QED) is 0.681. The lowest BCUT2D eigenvalue weighted by atomic mass is 9.81. The van der Waals surface area contributed by atoms with Crippen LogP contribution in [0.4, 0.5) is 0 Å². The van der Waals surface area contributed by atoms with Gasteiger partial charge in [0.05, 0.1) is 19.2 Å². The molecule has 2 saturated heterocycles. The summed E-state index contributed by atoms with van der Waals surface area (Å²) in [5, 5.41) is 10.7. The summed E-state index contributed by atoms with van der Waals surface area (Å²) < 4.78 is 5.42. The minimum atomic E-state index is -0.378. The van der Waals surface area contributed by atoms with Crippen molar-refractivity contribution in [1.29, 1.82) is 0 Å². The Morgan fingerprint density at radius 2 is 1.97 bits per heavy atom. The number of methoxy groups -OCH3 is 1. The van der Waals surface area contributed by atoms with E-state index in [-0.39, 0.29) is 35.7 Å². The van der Waals surface area contributed by atoms with Crippen molar-refractivity contribution < 1.29 is 14.6 Å². The molecule has 4 unspecified atom stereocenters. The number of aromatic hydroxyl groups is 1. The van der Waals surface area contributed by atoms with Crippen LogP contribution in [0.15, 0.2) is 49.1 Å². The molecule has 0 bridgehead atoms. The number of likely N-dealkylation sites (tertiary alicyclic amines) is 1. The summed E-state index contributed by atoms with van der Waals surface area (Å²) in [6.07, 6.45) is 1.75. The topological polar surface area (TPSA) is 73.8 Å². The number of hydrogen-bond acceptors (Lipinski definition) is 5. The summed E-state index contributed by atoms with van der Waals surface area (Å²) in [5.41, 5.74) is 10.3. The lowest BCUT2D eigenvalue weighted by Gasteiger charge is -2.31. The van der Waals surface area contributed by atoms with Crippen LogP contribution >= 0.6 is 0 Å². The number of nitrogens with zero attached hydrogens (tertiary/aromatic N) is 1. The Kier molecular flexibility index (Phi) is 5.06. The van der Waals surface area contributed by atoms with Gasteiger partial charge in [0, 0.05) is 18.0 Å². The first-order chi connectivity index (χ1) is 14.0. The maximum atomic E-state index is 13.2. The molecule has 2 aromatic carbocycles. The summed E-state index contributed by atoms with van der Waals surface area (Å²) in [6, 6.07) is 10.9. The number of fused-ring (bicyclic) bond motifs is 1. The third kappa shape index (κ3) is 3.18. The summed E-state index contributed by atoms with van der Waals surface area (Å²) in [6.45, 7) is 8.25. The van der Waals surface area contributed by atoms with E-state index in [2.05, 4.69) is 23.5 Å². The van der Waals surface area contributed by atoms with Crippen molar-refractivity contribution in [1.82, 2.24) is 15.8 Å². The molecule has 29 heavy (non-hydrogen) atoms. The number of nitrogens with one attached hydrogen (secondary N) is 2. The van der Waals surface area contributed by atoms with Gasteiger partial charge in [-0.25, -0.2) is 10.9 Å². The molecule has 0 radical (unpaired) electrons. The third-order valence-corrected chi connectivity index (χ3v) is 6.00. The van der Waals surface area contributed by atoms with Crippen molar-refractivity contribution >= 4 is 5.91 Å². The number of phenolic OH excluding ortho intramolecular Hbond substituents is 1. The first-order valence-corrected chi connectivity index (χ1v) is 9.82. The molecular formula is C23H27N3O3. The molecule has 4 rings (SSSR count). The SMILES string of the molecule is C=CCN1C(=O)C2NNC(c3c(C)cc(C)cc3O)C2C1c1cccc(OC)c1. The fourth-order valence-electron chi connectivity index (χ4n) is 4.87. The highest BCUT2D eigenvalue weighted by Crippen LogP contribution is 2.49. The Labute approximate surface area is 171 Å². The van der Waals surface area contributed by atoms with Crippen LogP contribution in [0.2, 0.25) is 0 Å². The van der Waals surface area contributed by atoms with Gasteiger partial charge in [0.1, 0.15) is 17.5 Å². The van der Waals surface area contributed by atoms with Gasteiger partial charge in [-0.3, -0.25) is 4.79 Å². The van der Waals surface area contributed by atoms with Gasteiger partial charge in [-0.1, -0.05) is 24.3 Å². The third-order valence-electron chi connectivity index (χ3n) is 6.00. The Balaban J connectivity index is 1.83. The maximum Gasteiger partial charge on any atom is 0.242 e. The number of hydrazine groups is 1. The largest absolute Gasteiger partial charge is 0.508 e. The molecule has 2 aliphatic heterocycles. The molecule has 6 heteroatoms. The first-order valence-electron chi connectivity index (χ1n) is 9.82. The highest BCUT2D eigenvalue weighted by atomic mass is 16.5. The molecular weight excluding hydrogens is 366 g/mol. The van der Waals surface area contributed by atoms with E-state index in [0.29, 0.717) is 6.54 Å².